The number of benzene rings is 8. The van der Waals surface area contributed by atoms with Gasteiger partial charge in [-0.15, -0.1) is 0 Å². The Labute approximate surface area is 281 Å². The Morgan fingerprint density at radius 1 is 0.347 bits per heavy atom. The van der Waals surface area contributed by atoms with Gasteiger partial charge in [-0.2, -0.15) is 0 Å². The number of nitrogens with zero attached hydrogens (tertiary/aromatic N) is 2. The van der Waals surface area contributed by atoms with Gasteiger partial charge in [0.25, 0.3) is 0 Å². The maximum absolute atomic E-state index is 6.22. The van der Waals surface area contributed by atoms with Gasteiger partial charge in [-0.25, -0.2) is 0 Å². The maximum atomic E-state index is 6.22. The van der Waals surface area contributed by atoms with E-state index in [-0.39, 0.29) is 0 Å². The van der Waals surface area contributed by atoms with Crippen molar-refractivity contribution in [1.29, 1.82) is 0 Å². The first-order valence-electron chi connectivity index (χ1n) is 16.8. The van der Waals surface area contributed by atoms with Gasteiger partial charge in [0.05, 0.1) is 22.1 Å². The van der Waals surface area contributed by atoms with Crippen molar-refractivity contribution >= 4 is 76.3 Å². The summed E-state index contributed by atoms with van der Waals surface area (Å²) >= 11 is 0. The van der Waals surface area contributed by atoms with E-state index >= 15 is 0 Å². The Balaban J connectivity index is 1.23. The molecular weight excluding hydrogens is 597 g/mol. The monoisotopic (exact) mass is 624 g/mol. The lowest BCUT2D eigenvalue weighted by Gasteiger charge is -2.11. The highest BCUT2D eigenvalue weighted by Gasteiger charge is 2.22. The van der Waals surface area contributed by atoms with Crippen LogP contribution in [0, 0.1) is 0 Å². The number of para-hydroxylation sites is 3. The fourth-order valence-electron chi connectivity index (χ4n) is 8.24. The minimum Gasteiger partial charge on any atom is -0.456 e. The van der Waals surface area contributed by atoms with Crippen LogP contribution >= 0.6 is 0 Å². The molecule has 228 valence electrons. The molecule has 0 radical (unpaired) electrons. The molecule has 0 N–H and O–H groups in total. The van der Waals surface area contributed by atoms with Crippen molar-refractivity contribution in [2.24, 2.45) is 0 Å². The molecule has 0 spiro atoms. The van der Waals surface area contributed by atoms with E-state index in [1.807, 2.05) is 12.1 Å². The smallest absolute Gasteiger partial charge is 0.136 e. The zero-order chi connectivity index (χ0) is 32.1. The van der Waals surface area contributed by atoms with Crippen LogP contribution in [0.25, 0.3) is 98.8 Å². The number of hydrogen-bond acceptors (Lipinski definition) is 1. The number of fused-ring (bicyclic) bond motifs is 12. The first-order chi connectivity index (χ1) is 24.3. The van der Waals surface area contributed by atoms with Crippen molar-refractivity contribution in [2.45, 2.75) is 0 Å². The standard InChI is InChI=1S/C46H28N2O/c1-2-12-31(13-3-1)48-40-28-27-36-35-15-6-8-18-39(35)47(46(36)44(40)38-26-23-29-11-4-5-14-34(29)45(38)48)32-24-21-30(22-25-32)33-17-10-20-42-43(33)37-16-7-9-19-41(37)49-42/h1-28H. The summed E-state index contributed by atoms with van der Waals surface area (Å²) in [4.78, 5) is 0. The van der Waals surface area contributed by atoms with Gasteiger partial charge in [0.1, 0.15) is 11.2 Å². The van der Waals surface area contributed by atoms with Crippen LogP contribution in [-0.4, -0.2) is 9.13 Å². The van der Waals surface area contributed by atoms with E-state index in [9.17, 15) is 0 Å². The van der Waals surface area contributed by atoms with E-state index in [2.05, 4.69) is 167 Å². The predicted octanol–water partition coefficient (Wildman–Crippen LogP) is 12.6. The number of rotatable bonds is 3. The summed E-state index contributed by atoms with van der Waals surface area (Å²) in [5.41, 5.74) is 11.3. The second-order valence-corrected chi connectivity index (χ2v) is 12.9. The Bertz CT molecular complexity index is 3090. The first kappa shape index (κ1) is 26.5. The lowest BCUT2D eigenvalue weighted by molar-refractivity contribution is 0.669. The summed E-state index contributed by atoms with van der Waals surface area (Å²) < 4.78 is 11.1. The molecule has 8 aromatic carbocycles. The first-order valence-corrected chi connectivity index (χ1v) is 16.8. The van der Waals surface area contributed by atoms with Crippen LogP contribution < -0.4 is 0 Å². The summed E-state index contributed by atoms with van der Waals surface area (Å²) in [5, 5.41) is 9.81. The van der Waals surface area contributed by atoms with Crippen molar-refractivity contribution in [2.75, 3.05) is 0 Å². The summed E-state index contributed by atoms with van der Waals surface area (Å²) in [6, 6.07) is 61.2. The van der Waals surface area contributed by atoms with Crippen molar-refractivity contribution in [3.05, 3.63) is 170 Å². The summed E-state index contributed by atoms with van der Waals surface area (Å²) in [7, 11) is 0. The molecular formula is C46H28N2O. The van der Waals surface area contributed by atoms with Gasteiger partial charge >= 0.3 is 0 Å². The van der Waals surface area contributed by atoms with Crippen LogP contribution in [0.2, 0.25) is 0 Å². The van der Waals surface area contributed by atoms with Crippen LogP contribution in [0.3, 0.4) is 0 Å². The third kappa shape index (κ3) is 3.67. The normalized spacial score (nSPS) is 12.1. The van der Waals surface area contributed by atoms with Gasteiger partial charge in [-0.3, -0.25) is 0 Å². The molecule has 49 heavy (non-hydrogen) atoms. The van der Waals surface area contributed by atoms with E-state index in [1.54, 1.807) is 0 Å². The van der Waals surface area contributed by atoms with Crippen molar-refractivity contribution in [1.82, 2.24) is 9.13 Å². The molecule has 0 unspecified atom stereocenters. The average molecular weight is 625 g/mol. The summed E-state index contributed by atoms with van der Waals surface area (Å²) in [6.07, 6.45) is 0. The van der Waals surface area contributed by atoms with E-state index in [0.29, 0.717) is 0 Å². The topological polar surface area (TPSA) is 23.0 Å². The molecule has 0 bridgehead atoms. The molecule has 0 amide bonds. The van der Waals surface area contributed by atoms with Crippen LogP contribution in [0.15, 0.2) is 174 Å². The van der Waals surface area contributed by atoms with E-state index < -0.39 is 0 Å². The van der Waals surface area contributed by atoms with Crippen LogP contribution in [0.4, 0.5) is 0 Å². The predicted molar refractivity (Wildman–Crippen MR) is 205 cm³/mol. The van der Waals surface area contributed by atoms with Crippen LogP contribution in [0.1, 0.15) is 0 Å². The molecule has 3 nitrogen and oxygen atoms in total. The number of hydrogen-bond donors (Lipinski definition) is 0. The molecule has 0 atom stereocenters. The third-order valence-corrected chi connectivity index (χ3v) is 10.3. The summed E-state index contributed by atoms with van der Waals surface area (Å²) in [6.45, 7) is 0. The fourth-order valence-corrected chi connectivity index (χ4v) is 8.24. The maximum Gasteiger partial charge on any atom is 0.136 e. The molecule has 11 rings (SSSR count). The van der Waals surface area contributed by atoms with Gasteiger partial charge in [0.2, 0.25) is 0 Å². The quantitative estimate of drug-likeness (QED) is 0.192. The second-order valence-electron chi connectivity index (χ2n) is 12.9. The zero-order valence-corrected chi connectivity index (χ0v) is 26.5. The molecule has 3 heterocycles. The molecule has 0 aliphatic rings. The van der Waals surface area contributed by atoms with Crippen molar-refractivity contribution < 1.29 is 4.42 Å². The highest BCUT2D eigenvalue weighted by atomic mass is 16.3. The molecule has 0 saturated heterocycles. The highest BCUT2D eigenvalue weighted by Crippen LogP contribution is 2.44. The number of aromatic nitrogens is 2. The largest absolute Gasteiger partial charge is 0.456 e. The molecule has 3 aromatic heterocycles. The summed E-state index contributed by atoms with van der Waals surface area (Å²) in [5.74, 6) is 0. The Hall–Kier alpha value is -6.58. The molecule has 0 fully saturated rings. The molecule has 0 aliphatic carbocycles. The Morgan fingerprint density at radius 2 is 1.02 bits per heavy atom. The van der Waals surface area contributed by atoms with Gasteiger partial charge < -0.3 is 13.6 Å². The van der Waals surface area contributed by atoms with E-state index in [1.165, 1.54) is 65.5 Å². The lowest BCUT2D eigenvalue weighted by atomic mass is 9.99. The van der Waals surface area contributed by atoms with Crippen LogP contribution in [-0.2, 0) is 0 Å². The lowest BCUT2D eigenvalue weighted by Crippen LogP contribution is -1.95. The minimum absolute atomic E-state index is 0.912. The third-order valence-electron chi connectivity index (χ3n) is 10.3. The second kappa shape index (κ2) is 9.96. The molecule has 11 aromatic rings. The van der Waals surface area contributed by atoms with E-state index in [0.717, 1.165) is 33.3 Å². The Morgan fingerprint density at radius 3 is 1.90 bits per heavy atom. The molecule has 3 heteroatoms. The van der Waals surface area contributed by atoms with E-state index in [4.69, 9.17) is 4.42 Å². The van der Waals surface area contributed by atoms with Gasteiger partial charge in [-0.05, 0) is 65.0 Å². The highest BCUT2D eigenvalue weighted by molar-refractivity contribution is 6.29. The minimum atomic E-state index is 0.912. The molecule has 0 aliphatic heterocycles. The van der Waals surface area contributed by atoms with Crippen molar-refractivity contribution in [3.8, 4) is 22.5 Å². The number of furan rings is 1. The fraction of sp³-hybridized carbons (Fsp3) is 0. The molecule has 0 saturated carbocycles. The van der Waals surface area contributed by atoms with Crippen molar-refractivity contribution in [3.63, 3.8) is 0 Å². The van der Waals surface area contributed by atoms with Gasteiger partial charge in [0, 0.05) is 49.1 Å². The SMILES string of the molecule is c1ccc(-n2c3ccc4c5ccccc5n(-c5ccc(-c6cccc7oc8ccccc8c67)cc5)c4c3c3ccc4ccccc4c32)cc1. The average Bonchev–Trinajstić information content (AvgIpc) is 3.83. The van der Waals surface area contributed by atoms with Gasteiger partial charge in [0.15, 0.2) is 0 Å². The Kier molecular flexibility index (Phi) is 5.38. The zero-order valence-electron chi connectivity index (χ0n) is 26.5. The van der Waals surface area contributed by atoms with Gasteiger partial charge in [-0.1, -0.05) is 121 Å². The van der Waals surface area contributed by atoms with Crippen LogP contribution in [0.5, 0.6) is 0 Å².